The van der Waals surface area contributed by atoms with Crippen molar-refractivity contribution in [3.8, 4) is 5.75 Å². The zero-order valence-electron chi connectivity index (χ0n) is 14.3. The van der Waals surface area contributed by atoms with Crippen LogP contribution in [0.25, 0.3) is 0 Å². The third kappa shape index (κ3) is 4.81. The minimum atomic E-state index is -0.903. The first kappa shape index (κ1) is 18.0. The average molecular weight is 328 g/mol. The van der Waals surface area contributed by atoms with Crippen LogP contribution in [0.1, 0.15) is 27.5 Å². The van der Waals surface area contributed by atoms with E-state index in [0.717, 1.165) is 17.9 Å². The third-order valence-electron chi connectivity index (χ3n) is 3.97. The summed E-state index contributed by atoms with van der Waals surface area (Å²) in [4.78, 5) is 13.0. The smallest absolute Gasteiger partial charge is 0.335 e. The van der Waals surface area contributed by atoms with E-state index in [1.807, 2.05) is 44.4 Å². The van der Waals surface area contributed by atoms with Gasteiger partial charge in [0.05, 0.1) is 12.7 Å². The van der Waals surface area contributed by atoms with Crippen molar-refractivity contribution < 1.29 is 14.6 Å². The van der Waals surface area contributed by atoms with E-state index in [1.54, 1.807) is 19.2 Å². The van der Waals surface area contributed by atoms with Crippen molar-refractivity contribution in [1.29, 1.82) is 0 Å². The van der Waals surface area contributed by atoms with E-state index in [-0.39, 0.29) is 6.04 Å². The number of carbonyl (C=O) groups is 1. The normalized spacial score (nSPS) is 12.2. The molecule has 2 aromatic rings. The number of hydrogen-bond acceptors (Lipinski definition) is 4. The van der Waals surface area contributed by atoms with Crippen LogP contribution in [0.3, 0.4) is 0 Å². The number of rotatable bonds is 8. The summed E-state index contributed by atoms with van der Waals surface area (Å²) in [6.45, 7) is 1.47. The topological polar surface area (TPSA) is 61.8 Å². The number of carboxylic acid groups (broad SMARTS) is 1. The van der Waals surface area contributed by atoms with E-state index in [2.05, 4.69) is 16.3 Å². The molecule has 0 aliphatic carbocycles. The summed E-state index contributed by atoms with van der Waals surface area (Å²) in [7, 11) is 5.77. The van der Waals surface area contributed by atoms with Gasteiger partial charge in [0.15, 0.2) is 0 Å². The molecule has 2 N–H and O–H groups in total. The van der Waals surface area contributed by atoms with Crippen molar-refractivity contribution in [2.24, 2.45) is 0 Å². The quantitative estimate of drug-likeness (QED) is 0.780. The molecule has 0 heterocycles. The fourth-order valence-corrected chi connectivity index (χ4v) is 2.57. The van der Waals surface area contributed by atoms with Gasteiger partial charge in [-0.2, -0.15) is 0 Å². The van der Waals surface area contributed by atoms with Gasteiger partial charge in [-0.15, -0.1) is 0 Å². The molecule has 2 aromatic carbocycles. The maximum absolute atomic E-state index is 10.9. The van der Waals surface area contributed by atoms with E-state index in [1.165, 1.54) is 5.56 Å². The third-order valence-corrected chi connectivity index (χ3v) is 3.97. The van der Waals surface area contributed by atoms with E-state index < -0.39 is 5.97 Å². The van der Waals surface area contributed by atoms with Gasteiger partial charge in [-0.1, -0.05) is 24.3 Å². The van der Waals surface area contributed by atoms with E-state index in [0.29, 0.717) is 12.1 Å². The van der Waals surface area contributed by atoms with Crippen molar-refractivity contribution in [2.75, 3.05) is 27.7 Å². The Morgan fingerprint density at radius 1 is 1.21 bits per heavy atom. The van der Waals surface area contributed by atoms with E-state index >= 15 is 0 Å². The molecule has 0 radical (unpaired) electrons. The Balaban J connectivity index is 1.97. The second-order valence-corrected chi connectivity index (χ2v) is 5.89. The van der Waals surface area contributed by atoms with Crippen LogP contribution < -0.4 is 10.1 Å². The zero-order chi connectivity index (χ0) is 17.5. The Morgan fingerprint density at radius 2 is 1.92 bits per heavy atom. The molecular weight excluding hydrogens is 304 g/mol. The molecule has 0 aliphatic heterocycles. The highest BCUT2D eigenvalue weighted by molar-refractivity contribution is 5.87. The largest absolute Gasteiger partial charge is 0.497 e. The van der Waals surface area contributed by atoms with Crippen LogP contribution in [0.4, 0.5) is 0 Å². The molecule has 5 nitrogen and oxygen atoms in total. The van der Waals surface area contributed by atoms with Gasteiger partial charge in [-0.05, 0) is 49.5 Å². The Bertz CT molecular complexity index is 669. The van der Waals surface area contributed by atoms with Crippen LogP contribution in [0.15, 0.2) is 48.5 Å². The monoisotopic (exact) mass is 328 g/mol. The molecular formula is C19H24N2O3. The fourth-order valence-electron chi connectivity index (χ4n) is 2.57. The lowest BCUT2D eigenvalue weighted by Gasteiger charge is -2.25. The molecule has 1 atom stereocenters. The van der Waals surface area contributed by atoms with Gasteiger partial charge in [-0.25, -0.2) is 4.79 Å². The number of nitrogens with one attached hydrogen (secondary N) is 1. The van der Waals surface area contributed by atoms with Crippen LogP contribution in [-0.4, -0.2) is 43.7 Å². The highest BCUT2D eigenvalue weighted by atomic mass is 16.5. The SMILES string of the molecule is COc1cccc(C(CNCc2ccc(C(=O)O)cc2)N(C)C)c1. The van der Waals surface area contributed by atoms with Gasteiger partial charge in [0.1, 0.15) is 5.75 Å². The van der Waals surface area contributed by atoms with Crippen molar-refractivity contribution in [3.05, 3.63) is 65.2 Å². The first-order valence-corrected chi connectivity index (χ1v) is 7.84. The second-order valence-electron chi connectivity index (χ2n) is 5.89. The van der Waals surface area contributed by atoms with Gasteiger partial charge >= 0.3 is 5.97 Å². The zero-order valence-corrected chi connectivity index (χ0v) is 14.3. The van der Waals surface area contributed by atoms with Gasteiger partial charge < -0.3 is 20.1 Å². The number of likely N-dealkylation sites (N-methyl/N-ethyl adjacent to an activating group) is 1. The molecule has 24 heavy (non-hydrogen) atoms. The number of aromatic carboxylic acids is 1. The number of methoxy groups -OCH3 is 1. The summed E-state index contributed by atoms with van der Waals surface area (Å²) < 4.78 is 5.30. The first-order valence-electron chi connectivity index (χ1n) is 7.84. The molecule has 0 aromatic heterocycles. The van der Waals surface area contributed by atoms with Crippen LogP contribution in [0.5, 0.6) is 5.75 Å². The predicted molar refractivity (Wildman–Crippen MR) is 94.5 cm³/mol. The van der Waals surface area contributed by atoms with Gasteiger partial charge in [0.25, 0.3) is 0 Å². The number of hydrogen-bond donors (Lipinski definition) is 2. The Kier molecular flexibility index (Phi) is 6.35. The van der Waals surface area contributed by atoms with Gasteiger partial charge in [0.2, 0.25) is 0 Å². The summed E-state index contributed by atoms with van der Waals surface area (Å²) in [6, 6.07) is 15.2. The minimum absolute atomic E-state index is 0.221. The highest BCUT2D eigenvalue weighted by Gasteiger charge is 2.14. The number of carboxylic acids is 1. The lowest BCUT2D eigenvalue weighted by Crippen LogP contribution is -2.30. The van der Waals surface area contributed by atoms with Crippen LogP contribution >= 0.6 is 0 Å². The number of nitrogens with zero attached hydrogens (tertiary/aromatic N) is 1. The van der Waals surface area contributed by atoms with Crippen LogP contribution in [0.2, 0.25) is 0 Å². The summed E-state index contributed by atoms with van der Waals surface area (Å²) in [5.41, 5.74) is 2.55. The van der Waals surface area contributed by atoms with Gasteiger partial charge in [-0.3, -0.25) is 0 Å². The van der Waals surface area contributed by atoms with Crippen molar-refractivity contribution in [1.82, 2.24) is 10.2 Å². The molecule has 1 unspecified atom stereocenters. The molecule has 5 heteroatoms. The summed E-state index contributed by atoms with van der Waals surface area (Å²) in [5, 5.41) is 12.4. The molecule has 0 saturated heterocycles. The number of ether oxygens (including phenoxy) is 1. The molecule has 0 saturated carbocycles. The van der Waals surface area contributed by atoms with Crippen molar-refractivity contribution in [3.63, 3.8) is 0 Å². The first-order chi connectivity index (χ1) is 11.5. The van der Waals surface area contributed by atoms with Crippen molar-refractivity contribution in [2.45, 2.75) is 12.6 Å². The maximum atomic E-state index is 10.9. The summed E-state index contributed by atoms with van der Waals surface area (Å²) >= 11 is 0. The summed E-state index contributed by atoms with van der Waals surface area (Å²) in [6.07, 6.45) is 0. The molecule has 0 fully saturated rings. The average Bonchev–Trinajstić information content (AvgIpc) is 2.58. The fraction of sp³-hybridized carbons (Fsp3) is 0.316. The number of benzene rings is 2. The second kappa shape index (κ2) is 8.47. The lowest BCUT2D eigenvalue weighted by atomic mass is 10.1. The predicted octanol–water partition coefficient (Wildman–Crippen LogP) is 2.79. The Labute approximate surface area is 142 Å². The molecule has 0 bridgehead atoms. The maximum Gasteiger partial charge on any atom is 0.335 e. The molecule has 0 aliphatic rings. The van der Waals surface area contributed by atoms with E-state index in [4.69, 9.17) is 9.84 Å². The van der Waals surface area contributed by atoms with Crippen LogP contribution in [0, 0.1) is 0 Å². The molecule has 0 spiro atoms. The molecule has 2 rings (SSSR count). The highest BCUT2D eigenvalue weighted by Crippen LogP contribution is 2.22. The lowest BCUT2D eigenvalue weighted by molar-refractivity contribution is 0.0697. The standard InChI is InChI=1S/C19H24N2O3/c1-21(2)18(16-5-4-6-17(11-16)24-3)13-20-12-14-7-9-15(10-8-14)19(22)23/h4-11,18,20H,12-13H2,1-3H3,(H,22,23). The van der Waals surface area contributed by atoms with Crippen molar-refractivity contribution >= 4 is 5.97 Å². The van der Waals surface area contributed by atoms with Crippen LogP contribution in [-0.2, 0) is 6.54 Å². The minimum Gasteiger partial charge on any atom is -0.497 e. The molecule has 128 valence electrons. The van der Waals surface area contributed by atoms with Gasteiger partial charge in [0, 0.05) is 19.1 Å². The molecule has 0 amide bonds. The summed E-state index contributed by atoms with van der Waals surface area (Å²) in [5.74, 6) is -0.0520. The Hall–Kier alpha value is -2.37. The Morgan fingerprint density at radius 3 is 2.50 bits per heavy atom. The van der Waals surface area contributed by atoms with E-state index in [9.17, 15) is 4.79 Å².